The second kappa shape index (κ2) is 10.6. The van der Waals surface area contributed by atoms with Crippen LogP contribution in [0.2, 0.25) is 0 Å². The molecule has 0 N–H and O–H groups in total. The summed E-state index contributed by atoms with van der Waals surface area (Å²) in [4.78, 5) is 11.9. The van der Waals surface area contributed by atoms with Crippen LogP contribution in [0.4, 0.5) is 57.1 Å². The normalized spacial score (nSPS) is 14.2. The lowest BCUT2D eigenvalue weighted by Crippen LogP contribution is -2.70. The molecule has 1 aromatic rings. The fraction of sp³-hybridized carbons (Fsp3) is 0.632. The van der Waals surface area contributed by atoms with E-state index in [9.17, 15) is 61.9 Å². The number of carbonyl (C=O) groups excluding carboxylic acids is 1. The lowest BCUT2D eigenvalue weighted by Gasteiger charge is -2.39. The first-order valence-corrected chi connectivity index (χ1v) is 10.5. The first kappa shape index (κ1) is 31.2. The summed E-state index contributed by atoms with van der Waals surface area (Å²) >= 11 is -0.126. The van der Waals surface area contributed by atoms with E-state index >= 15 is 0 Å². The van der Waals surface area contributed by atoms with Crippen LogP contribution in [0.25, 0.3) is 0 Å². The maximum absolute atomic E-state index is 13.7. The van der Waals surface area contributed by atoms with Crippen molar-refractivity contribution in [3.05, 3.63) is 29.8 Å². The summed E-state index contributed by atoms with van der Waals surface area (Å²) in [5, 5.41) is -1.04. The quantitative estimate of drug-likeness (QED) is 0.194. The zero-order chi connectivity index (χ0) is 27.5. The first-order chi connectivity index (χ1) is 15.7. The zero-order valence-electron chi connectivity index (χ0n) is 17.5. The Morgan fingerprint density at radius 2 is 1.26 bits per heavy atom. The van der Waals surface area contributed by atoms with Crippen molar-refractivity contribution in [1.82, 2.24) is 0 Å². The van der Waals surface area contributed by atoms with Gasteiger partial charge in [0.15, 0.2) is 0 Å². The highest BCUT2D eigenvalue weighted by molar-refractivity contribution is 8.14. The van der Waals surface area contributed by atoms with Gasteiger partial charge in [-0.05, 0) is 30.7 Å². The van der Waals surface area contributed by atoms with Gasteiger partial charge in [-0.3, -0.25) is 4.79 Å². The van der Waals surface area contributed by atoms with Crippen molar-refractivity contribution in [2.24, 2.45) is 0 Å². The Morgan fingerprint density at radius 1 is 0.771 bits per heavy atom. The van der Waals surface area contributed by atoms with Gasteiger partial charge in [-0.25, -0.2) is 0 Å². The molecule has 0 atom stereocenters. The largest absolute Gasteiger partial charge is 0.494 e. The smallest absolute Gasteiger partial charge is 0.460 e. The minimum Gasteiger partial charge on any atom is -0.494 e. The monoisotopic (exact) mass is 556 g/mol. The molecule has 202 valence electrons. The van der Waals surface area contributed by atoms with Crippen LogP contribution in [0.15, 0.2) is 24.3 Å². The molecule has 0 bridgehead atoms. The van der Waals surface area contributed by atoms with Crippen molar-refractivity contribution in [2.45, 2.75) is 62.0 Å². The van der Waals surface area contributed by atoms with E-state index in [0.29, 0.717) is 18.8 Å². The summed E-state index contributed by atoms with van der Waals surface area (Å²) in [6.45, 7) is 2.24. The van der Waals surface area contributed by atoms with Gasteiger partial charge < -0.3 is 4.74 Å². The molecule has 0 aliphatic rings. The summed E-state index contributed by atoms with van der Waals surface area (Å²) < 4.78 is 175. The minimum absolute atomic E-state index is 0.126. The molecule has 0 aromatic heterocycles. The molecule has 0 saturated heterocycles. The number of ether oxygens (including phenoxy) is 1. The molecule has 0 fully saturated rings. The maximum atomic E-state index is 13.7. The van der Waals surface area contributed by atoms with E-state index in [1.165, 1.54) is 12.1 Å². The van der Waals surface area contributed by atoms with E-state index < -0.39 is 53.1 Å². The molecule has 1 rings (SSSR count). The number of thioether (sulfide) groups is 1. The Hall–Kier alpha value is -1.87. The van der Waals surface area contributed by atoms with E-state index in [-0.39, 0.29) is 17.3 Å². The van der Waals surface area contributed by atoms with Gasteiger partial charge in [-0.2, -0.15) is 57.1 Å². The highest BCUT2D eigenvalue weighted by Crippen LogP contribution is 2.60. The van der Waals surface area contributed by atoms with Crippen LogP contribution in [-0.2, 0) is 0 Å². The summed E-state index contributed by atoms with van der Waals surface area (Å²) in [7, 11) is 0. The molecule has 0 aliphatic carbocycles. The van der Waals surface area contributed by atoms with Gasteiger partial charge in [-0.1, -0.05) is 25.1 Å². The molecule has 0 heterocycles. The van der Waals surface area contributed by atoms with Gasteiger partial charge in [0, 0.05) is 17.7 Å². The fourth-order valence-corrected chi connectivity index (χ4v) is 3.18. The maximum Gasteiger partial charge on any atom is 0.460 e. The number of carbonyl (C=O) groups is 1. The van der Waals surface area contributed by atoms with Crippen molar-refractivity contribution in [2.75, 3.05) is 12.4 Å². The summed E-state index contributed by atoms with van der Waals surface area (Å²) in [5.41, 5.74) is -0.172. The number of halogens is 13. The zero-order valence-corrected chi connectivity index (χ0v) is 18.3. The molecular formula is C19H17F13O2S. The lowest BCUT2D eigenvalue weighted by atomic mass is 9.93. The molecule has 0 saturated carbocycles. The van der Waals surface area contributed by atoms with Crippen LogP contribution in [0.3, 0.4) is 0 Å². The molecule has 1 aromatic carbocycles. The molecule has 2 nitrogen and oxygen atoms in total. The van der Waals surface area contributed by atoms with Crippen LogP contribution in [0.5, 0.6) is 5.75 Å². The molecule has 0 amide bonds. The number of unbranched alkanes of at least 4 members (excludes halogenated alkanes) is 1. The third-order valence-electron chi connectivity index (χ3n) is 4.50. The van der Waals surface area contributed by atoms with E-state index in [0.717, 1.165) is 18.6 Å². The molecule has 0 radical (unpaired) electrons. The predicted octanol–water partition coefficient (Wildman–Crippen LogP) is 7.87. The molecule has 0 unspecified atom stereocenters. The number of rotatable bonds is 12. The second-order valence-electron chi connectivity index (χ2n) is 7.11. The van der Waals surface area contributed by atoms with Crippen molar-refractivity contribution >= 4 is 16.9 Å². The summed E-state index contributed by atoms with van der Waals surface area (Å²) in [6.07, 6.45) is -8.35. The number of hydrogen-bond donors (Lipinski definition) is 0. The standard InChI is InChI=1S/C19H17F13O2S/c1-2-3-9-34-12-6-4-11(5-7-12)13(33)35-10-8-14(20,21)15(22,23)16(24,25)17(26,27)18(28,29)19(30,31)32/h4-7H,2-3,8-10H2,1H3. The highest BCUT2D eigenvalue weighted by atomic mass is 32.2. The Balaban J connectivity index is 2.92. The molecular weight excluding hydrogens is 539 g/mol. The molecule has 16 heteroatoms. The van der Waals surface area contributed by atoms with Gasteiger partial charge in [0.25, 0.3) is 0 Å². The Morgan fingerprint density at radius 3 is 1.71 bits per heavy atom. The number of benzene rings is 1. The summed E-state index contributed by atoms with van der Waals surface area (Å²) in [6, 6.07) is 4.90. The van der Waals surface area contributed by atoms with Crippen LogP contribution in [0, 0.1) is 0 Å². The van der Waals surface area contributed by atoms with Crippen LogP contribution in [-0.4, -0.2) is 53.3 Å². The average Bonchev–Trinajstić information content (AvgIpc) is 2.72. The van der Waals surface area contributed by atoms with Gasteiger partial charge in [0.1, 0.15) is 5.75 Å². The first-order valence-electron chi connectivity index (χ1n) is 9.53. The minimum atomic E-state index is -7.94. The van der Waals surface area contributed by atoms with Crippen molar-refractivity contribution in [3.8, 4) is 5.75 Å². The fourth-order valence-electron chi connectivity index (χ4n) is 2.34. The predicted molar refractivity (Wildman–Crippen MR) is 99.0 cm³/mol. The van der Waals surface area contributed by atoms with Gasteiger partial charge in [0.05, 0.1) is 6.61 Å². The van der Waals surface area contributed by atoms with Crippen LogP contribution >= 0.6 is 11.8 Å². The van der Waals surface area contributed by atoms with E-state index in [4.69, 9.17) is 4.74 Å². The van der Waals surface area contributed by atoms with Crippen LogP contribution < -0.4 is 4.74 Å². The topological polar surface area (TPSA) is 26.3 Å². The molecule has 0 aliphatic heterocycles. The molecule has 35 heavy (non-hydrogen) atoms. The van der Waals surface area contributed by atoms with Gasteiger partial charge >= 0.3 is 35.8 Å². The number of alkyl halides is 13. The van der Waals surface area contributed by atoms with E-state index in [1.807, 2.05) is 6.92 Å². The lowest BCUT2D eigenvalue weighted by molar-refractivity contribution is -0.439. The third-order valence-corrected chi connectivity index (χ3v) is 5.41. The van der Waals surface area contributed by atoms with Crippen molar-refractivity contribution < 1.29 is 66.6 Å². The van der Waals surface area contributed by atoms with Crippen molar-refractivity contribution in [3.63, 3.8) is 0 Å². The Bertz CT molecular complexity index is 851. The molecule has 0 spiro atoms. The van der Waals surface area contributed by atoms with Crippen molar-refractivity contribution in [1.29, 1.82) is 0 Å². The second-order valence-corrected chi connectivity index (χ2v) is 8.18. The van der Waals surface area contributed by atoms with Gasteiger partial charge in [0.2, 0.25) is 5.12 Å². The van der Waals surface area contributed by atoms with E-state index in [2.05, 4.69) is 0 Å². The highest BCUT2D eigenvalue weighted by Gasteiger charge is 2.90. The third kappa shape index (κ3) is 6.10. The average molecular weight is 556 g/mol. The van der Waals surface area contributed by atoms with Gasteiger partial charge in [-0.15, -0.1) is 0 Å². The Kier molecular flexibility index (Phi) is 9.46. The summed E-state index contributed by atoms with van der Waals surface area (Å²) in [5.74, 6) is -38.1. The van der Waals surface area contributed by atoms with Crippen LogP contribution in [0.1, 0.15) is 36.5 Å². The SMILES string of the molecule is CCCCOc1ccc(C(=O)SCCC(F)(F)C(F)(F)C(F)(F)C(F)(F)C(F)(F)C(F)(F)F)cc1. The number of hydrogen-bond acceptors (Lipinski definition) is 3. The van der Waals surface area contributed by atoms with E-state index in [1.54, 1.807) is 0 Å². The Labute approximate surface area is 194 Å².